The number of carbonyl (C=O) groups excluding carboxylic acids is 2. The second kappa shape index (κ2) is 15.7. The summed E-state index contributed by atoms with van der Waals surface area (Å²) in [7, 11) is -3.17. The molecule has 2 aliphatic rings. The van der Waals surface area contributed by atoms with Gasteiger partial charge in [-0.15, -0.1) is 0 Å². The van der Waals surface area contributed by atoms with Crippen molar-refractivity contribution in [2.45, 2.75) is 56.7 Å². The SMILES string of the molecule is C[C@@H](OC(=O)OCc1ccc([N+](=O)[O-])cc1)[C@H]1C(=O)N2C(C(=O)O)=C(CO[Si](c3ccccc3)(c3ccccc3)C(C)(C)C)S[C@]12Cc1ccc([N+](=O)[O-])cc1. The lowest BCUT2D eigenvalue weighted by molar-refractivity contribution is -0.385. The lowest BCUT2D eigenvalue weighted by Crippen LogP contribution is -2.71. The van der Waals surface area contributed by atoms with Gasteiger partial charge < -0.3 is 19.0 Å². The molecule has 0 aliphatic carbocycles. The van der Waals surface area contributed by atoms with E-state index in [0.717, 1.165) is 22.1 Å². The van der Waals surface area contributed by atoms with Crippen LogP contribution in [0.3, 0.4) is 0 Å². The maximum absolute atomic E-state index is 14.1. The Labute approximate surface area is 327 Å². The van der Waals surface area contributed by atoms with Crippen LogP contribution in [0.5, 0.6) is 0 Å². The number of amides is 1. The number of β-lactam (4-membered cyclic amide) rings is 1. The number of non-ortho nitro benzene ring substituents is 2. The normalized spacial score (nSPS) is 18.5. The molecule has 0 aromatic heterocycles. The summed E-state index contributed by atoms with van der Waals surface area (Å²) in [5, 5.41) is 34.6. The second-order valence-corrected chi connectivity index (χ2v) is 20.2. The summed E-state index contributed by atoms with van der Waals surface area (Å²) in [5.74, 6) is -2.99. The third-order valence-electron chi connectivity index (χ3n) is 10.0. The first kappa shape index (κ1) is 39.8. The van der Waals surface area contributed by atoms with Gasteiger partial charge in [0.25, 0.3) is 19.7 Å². The largest absolute Gasteiger partial charge is 0.508 e. The highest BCUT2D eigenvalue weighted by Gasteiger charge is 2.69. The van der Waals surface area contributed by atoms with Crippen LogP contribution in [-0.4, -0.2) is 63.8 Å². The highest BCUT2D eigenvalue weighted by molar-refractivity contribution is 8.04. The lowest BCUT2D eigenvalue weighted by Gasteiger charge is -2.54. The minimum absolute atomic E-state index is 0.0527. The summed E-state index contributed by atoms with van der Waals surface area (Å²) in [5.41, 5.74) is 0.532. The predicted molar refractivity (Wildman–Crippen MR) is 210 cm³/mol. The average molecular weight is 798 g/mol. The molecule has 16 heteroatoms. The van der Waals surface area contributed by atoms with E-state index in [1.54, 1.807) is 12.1 Å². The van der Waals surface area contributed by atoms with Crippen molar-refractivity contribution < 1.29 is 43.2 Å². The van der Waals surface area contributed by atoms with Gasteiger partial charge in [0.05, 0.1) is 16.5 Å². The lowest BCUT2D eigenvalue weighted by atomic mass is 9.78. The van der Waals surface area contributed by atoms with Gasteiger partial charge in [-0.05, 0) is 45.6 Å². The highest BCUT2D eigenvalue weighted by atomic mass is 32.2. The Morgan fingerprint density at radius 2 is 1.34 bits per heavy atom. The molecule has 1 fully saturated rings. The smallest absolute Gasteiger partial charge is 0.477 e. The van der Waals surface area contributed by atoms with Gasteiger partial charge >= 0.3 is 12.1 Å². The third kappa shape index (κ3) is 7.42. The maximum atomic E-state index is 14.1. The van der Waals surface area contributed by atoms with Crippen molar-refractivity contribution in [2.24, 2.45) is 5.92 Å². The molecule has 2 aliphatic heterocycles. The van der Waals surface area contributed by atoms with E-state index in [9.17, 15) is 39.7 Å². The van der Waals surface area contributed by atoms with Crippen LogP contribution in [-0.2, 0) is 36.5 Å². The monoisotopic (exact) mass is 797 g/mol. The molecule has 56 heavy (non-hydrogen) atoms. The number of ether oxygens (including phenoxy) is 2. The van der Waals surface area contributed by atoms with E-state index in [1.165, 1.54) is 48.2 Å². The molecule has 1 N–H and O–H groups in total. The number of nitro benzene ring substituents is 2. The van der Waals surface area contributed by atoms with Crippen LogP contribution in [0.25, 0.3) is 0 Å². The van der Waals surface area contributed by atoms with E-state index >= 15 is 0 Å². The number of benzene rings is 4. The number of carboxylic acid groups (broad SMARTS) is 1. The molecule has 1 saturated heterocycles. The van der Waals surface area contributed by atoms with Crippen molar-refractivity contribution in [3.63, 3.8) is 0 Å². The molecular weight excluding hydrogens is 759 g/mol. The van der Waals surface area contributed by atoms with Crippen LogP contribution in [0.1, 0.15) is 38.8 Å². The van der Waals surface area contributed by atoms with Gasteiger partial charge in [0.1, 0.15) is 29.2 Å². The summed E-state index contributed by atoms with van der Waals surface area (Å²) in [6, 6.07) is 30.8. The summed E-state index contributed by atoms with van der Waals surface area (Å²) in [6.45, 7) is 7.39. The first-order valence-electron chi connectivity index (χ1n) is 17.6. The van der Waals surface area contributed by atoms with Gasteiger partial charge in [0.2, 0.25) is 5.91 Å². The quantitative estimate of drug-likeness (QED) is 0.0476. The van der Waals surface area contributed by atoms with Gasteiger partial charge in [0, 0.05) is 35.6 Å². The van der Waals surface area contributed by atoms with Crippen molar-refractivity contribution in [3.05, 3.63) is 151 Å². The Hall–Kier alpha value is -5.84. The first-order valence-corrected chi connectivity index (χ1v) is 20.4. The average Bonchev–Trinajstić information content (AvgIpc) is 3.44. The number of aliphatic carboxylic acids is 1. The number of thioether (sulfide) groups is 1. The Morgan fingerprint density at radius 1 is 0.839 bits per heavy atom. The Bertz CT molecular complexity index is 2140. The molecule has 0 unspecified atom stereocenters. The van der Waals surface area contributed by atoms with Crippen LogP contribution >= 0.6 is 11.8 Å². The highest BCUT2D eigenvalue weighted by Crippen LogP contribution is 2.61. The zero-order valence-electron chi connectivity index (χ0n) is 30.9. The fraction of sp³-hybridized carbons (Fsp3) is 0.275. The number of carbonyl (C=O) groups is 3. The van der Waals surface area contributed by atoms with Crippen LogP contribution in [0.15, 0.2) is 120 Å². The topological polar surface area (TPSA) is 189 Å². The van der Waals surface area contributed by atoms with Crippen LogP contribution in [0.4, 0.5) is 16.2 Å². The number of rotatable bonds is 14. The minimum atomic E-state index is -3.17. The van der Waals surface area contributed by atoms with E-state index in [0.29, 0.717) is 16.0 Å². The Balaban J connectivity index is 1.33. The number of carboxylic acids is 1. The molecule has 0 saturated carbocycles. The molecule has 1 amide bonds. The second-order valence-electron chi connectivity index (χ2n) is 14.5. The molecule has 0 radical (unpaired) electrons. The molecule has 2 heterocycles. The fourth-order valence-electron chi connectivity index (χ4n) is 7.57. The van der Waals surface area contributed by atoms with E-state index in [-0.39, 0.29) is 36.7 Å². The van der Waals surface area contributed by atoms with E-state index in [2.05, 4.69) is 20.8 Å². The Kier molecular flexibility index (Phi) is 11.2. The maximum Gasteiger partial charge on any atom is 0.508 e. The van der Waals surface area contributed by atoms with Crippen molar-refractivity contribution in [1.29, 1.82) is 0 Å². The predicted octanol–water partition coefficient (Wildman–Crippen LogP) is 6.56. The van der Waals surface area contributed by atoms with Gasteiger partial charge in [-0.25, -0.2) is 9.59 Å². The summed E-state index contributed by atoms with van der Waals surface area (Å²) >= 11 is 1.15. The molecule has 0 bridgehead atoms. The first-order chi connectivity index (χ1) is 26.6. The summed E-state index contributed by atoms with van der Waals surface area (Å²) < 4.78 is 18.0. The van der Waals surface area contributed by atoms with Crippen molar-refractivity contribution in [3.8, 4) is 0 Å². The molecule has 3 atom stereocenters. The van der Waals surface area contributed by atoms with Crippen molar-refractivity contribution in [2.75, 3.05) is 6.61 Å². The molecular formula is C40H39N3O11SSi. The molecule has 4 aromatic carbocycles. The Morgan fingerprint density at radius 3 is 1.80 bits per heavy atom. The van der Waals surface area contributed by atoms with E-state index < -0.39 is 58.1 Å². The van der Waals surface area contributed by atoms with Gasteiger partial charge in [0.15, 0.2) is 0 Å². The summed E-state index contributed by atoms with van der Waals surface area (Å²) in [6.07, 6.45) is -2.16. The number of nitrogens with zero attached hydrogens (tertiary/aromatic N) is 3. The molecule has 14 nitrogen and oxygen atoms in total. The van der Waals surface area contributed by atoms with Crippen LogP contribution in [0.2, 0.25) is 5.04 Å². The van der Waals surface area contributed by atoms with Crippen molar-refractivity contribution in [1.82, 2.24) is 4.90 Å². The minimum Gasteiger partial charge on any atom is -0.477 e. The standard InChI is InChI=1S/C40H39N3O11SSi/c1-26(54-38(47)52-24-28-17-21-30(22-18-28)43(50)51)34-36(44)41-35(37(45)46)33(55-40(34,41)23-27-15-19-29(20-16-27)42(48)49)25-53-56(39(2,3)4,31-11-7-5-8-12-31)32-13-9-6-10-14-32/h5-22,26,34H,23-25H2,1-4H3,(H,45,46)/t26-,34+,40-/m1/s1. The number of nitro groups is 2. The fourth-order valence-corrected chi connectivity index (χ4v) is 13.9. The van der Waals surface area contributed by atoms with E-state index in [4.69, 9.17) is 13.9 Å². The van der Waals surface area contributed by atoms with Crippen molar-refractivity contribution >= 4 is 59.9 Å². The van der Waals surface area contributed by atoms with Gasteiger partial charge in [-0.1, -0.05) is 105 Å². The zero-order chi connectivity index (χ0) is 40.4. The van der Waals surface area contributed by atoms with Gasteiger partial charge in [-0.3, -0.25) is 29.9 Å². The van der Waals surface area contributed by atoms with Crippen LogP contribution < -0.4 is 10.4 Å². The number of fused-ring (bicyclic) bond motifs is 1. The summed E-state index contributed by atoms with van der Waals surface area (Å²) in [4.78, 5) is 61.8. The van der Waals surface area contributed by atoms with E-state index in [1.807, 2.05) is 60.7 Å². The third-order valence-corrected chi connectivity index (χ3v) is 16.5. The molecule has 4 aromatic rings. The molecule has 6 rings (SSSR count). The van der Waals surface area contributed by atoms with Gasteiger partial charge in [-0.2, -0.15) is 0 Å². The number of hydrogen-bond acceptors (Lipinski definition) is 11. The number of hydrogen-bond donors (Lipinski definition) is 1. The molecule has 0 spiro atoms. The zero-order valence-corrected chi connectivity index (χ0v) is 32.8. The molecule has 290 valence electrons. The van der Waals surface area contributed by atoms with Crippen LogP contribution in [0, 0.1) is 26.1 Å².